The standard InChI is InChI=1S/C20H18BrN3O3S/c1-13-9-10-17(21)18(11-13)24-28(26,27)16-7-4-6-15(12-16)20(25)23-19-8-3-5-14(2)22-19/h3-12,24H,1-2H3,(H,22,23,25). The van der Waals surface area contributed by atoms with Crippen molar-refractivity contribution in [1.82, 2.24) is 4.98 Å². The number of halogens is 1. The highest BCUT2D eigenvalue weighted by Crippen LogP contribution is 2.26. The first-order valence-corrected chi connectivity index (χ1v) is 10.7. The number of carbonyl (C=O) groups is 1. The van der Waals surface area contributed by atoms with E-state index in [0.29, 0.717) is 16.0 Å². The third-order valence-electron chi connectivity index (χ3n) is 3.90. The van der Waals surface area contributed by atoms with Crippen molar-refractivity contribution in [2.75, 3.05) is 10.0 Å². The summed E-state index contributed by atoms with van der Waals surface area (Å²) in [7, 11) is -3.86. The molecule has 2 aromatic carbocycles. The summed E-state index contributed by atoms with van der Waals surface area (Å²) in [6.07, 6.45) is 0. The normalized spacial score (nSPS) is 11.1. The quantitative estimate of drug-likeness (QED) is 0.587. The number of benzene rings is 2. The zero-order valence-corrected chi connectivity index (χ0v) is 17.6. The molecule has 2 N–H and O–H groups in total. The van der Waals surface area contributed by atoms with Gasteiger partial charge < -0.3 is 5.32 Å². The summed E-state index contributed by atoms with van der Waals surface area (Å²) < 4.78 is 28.7. The van der Waals surface area contributed by atoms with Gasteiger partial charge in [-0.25, -0.2) is 13.4 Å². The van der Waals surface area contributed by atoms with E-state index >= 15 is 0 Å². The van der Waals surface area contributed by atoms with Gasteiger partial charge in [-0.3, -0.25) is 9.52 Å². The second kappa shape index (κ2) is 8.12. The van der Waals surface area contributed by atoms with Crippen LogP contribution < -0.4 is 10.0 Å². The van der Waals surface area contributed by atoms with Crippen LogP contribution in [-0.4, -0.2) is 19.3 Å². The fraction of sp³-hybridized carbons (Fsp3) is 0.100. The van der Waals surface area contributed by atoms with Crippen molar-refractivity contribution in [2.45, 2.75) is 18.7 Å². The molecule has 0 aliphatic rings. The average Bonchev–Trinajstić information content (AvgIpc) is 2.64. The third-order valence-corrected chi connectivity index (χ3v) is 5.96. The number of anilines is 2. The van der Waals surface area contributed by atoms with E-state index in [9.17, 15) is 13.2 Å². The Balaban J connectivity index is 1.85. The van der Waals surface area contributed by atoms with Crippen molar-refractivity contribution in [3.05, 3.63) is 82.0 Å². The first-order valence-electron chi connectivity index (χ1n) is 8.39. The van der Waals surface area contributed by atoms with Gasteiger partial charge in [0.05, 0.1) is 10.6 Å². The number of rotatable bonds is 5. The molecule has 0 saturated heterocycles. The minimum absolute atomic E-state index is 0.00856. The van der Waals surface area contributed by atoms with Gasteiger partial charge in [0, 0.05) is 15.7 Å². The zero-order valence-electron chi connectivity index (χ0n) is 15.2. The molecule has 0 saturated carbocycles. The van der Waals surface area contributed by atoms with Crippen LogP contribution in [0.4, 0.5) is 11.5 Å². The van der Waals surface area contributed by atoms with E-state index < -0.39 is 15.9 Å². The number of carbonyl (C=O) groups excluding carboxylic acids is 1. The molecular formula is C20H18BrN3O3S. The van der Waals surface area contributed by atoms with Crippen LogP contribution in [0, 0.1) is 13.8 Å². The number of pyridine rings is 1. The molecule has 0 spiro atoms. The fourth-order valence-corrected chi connectivity index (χ4v) is 4.12. The first kappa shape index (κ1) is 20.0. The maximum atomic E-state index is 12.8. The number of sulfonamides is 1. The van der Waals surface area contributed by atoms with Gasteiger partial charge >= 0.3 is 0 Å². The van der Waals surface area contributed by atoms with Crippen molar-refractivity contribution < 1.29 is 13.2 Å². The fourth-order valence-electron chi connectivity index (χ4n) is 2.53. The van der Waals surface area contributed by atoms with Crippen molar-refractivity contribution >= 4 is 43.4 Å². The van der Waals surface area contributed by atoms with Gasteiger partial charge in [-0.1, -0.05) is 18.2 Å². The highest BCUT2D eigenvalue weighted by atomic mass is 79.9. The SMILES string of the molecule is Cc1ccc(Br)c(NS(=O)(=O)c2cccc(C(=O)Nc3cccc(C)n3)c2)c1. The highest BCUT2D eigenvalue weighted by molar-refractivity contribution is 9.10. The summed E-state index contributed by atoms with van der Waals surface area (Å²) in [6.45, 7) is 3.69. The van der Waals surface area contributed by atoms with Gasteiger partial charge in [-0.15, -0.1) is 0 Å². The first-order chi connectivity index (χ1) is 13.2. The molecule has 0 fully saturated rings. The smallest absolute Gasteiger partial charge is 0.261 e. The van der Waals surface area contributed by atoms with Crippen LogP contribution in [0.15, 0.2) is 70.0 Å². The van der Waals surface area contributed by atoms with Crippen LogP contribution in [0.5, 0.6) is 0 Å². The molecule has 0 aliphatic carbocycles. The predicted molar refractivity (Wildman–Crippen MR) is 113 cm³/mol. The molecular weight excluding hydrogens is 442 g/mol. The summed E-state index contributed by atoms with van der Waals surface area (Å²) >= 11 is 3.34. The van der Waals surface area contributed by atoms with Crippen molar-refractivity contribution in [1.29, 1.82) is 0 Å². The summed E-state index contributed by atoms with van der Waals surface area (Å²) in [4.78, 5) is 16.7. The summed E-state index contributed by atoms with van der Waals surface area (Å²) in [5, 5.41) is 2.67. The molecule has 0 aliphatic heterocycles. The summed E-state index contributed by atoms with van der Waals surface area (Å²) in [5.74, 6) is -0.0352. The van der Waals surface area contributed by atoms with E-state index in [4.69, 9.17) is 0 Å². The van der Waals surface area contributed by atoms with Gasteiger partial charge in [-0.05, 0) is 77.8 Å². The number of hydrogen-bond donors (Lipinski definition) is 2. The Morgan fingerprint density at radius 1 is 1.00 bits per heavy atom. The highest BCUT2D eigenvalue weighted by Gasteiger charge is 2.18. The molecule has 0 atom stereocenters. The molecule has 1 heterocycles. The second-order valence-electron chi connectivity index (χ2n) is 6.23. The number of amides is 1. The Morgan fingerprint density at radius 2 is 1.75 bits per heavy atom. The van der Waals surface area contributed by atoms with Gasteiger partial charge in [-0.2, -0.15) is 0 Å². The van der Waals surface area contributed by atoms with E-state index in [2.05, 4.69) is 31.0 Å². The molecule has 0 unspecified atom stereocenters. The van der Waals surface area contributed by atoms with Crippen molar-refractivity contribution in [3.8, 4) is 0 Å². The Hall–Kier alpha value is -2.71. The molecule has 3 rings (SSSR count). The Labute approximate surface area is 172 Å². The number of nitrogens with zero attached hydrogens (tertiary/aromatic N) is 1. The van der Waals surface area contributed by atoms with Crippen LogP contribution in [0.25, 0.3) is 0 Å². The van der Waals surface area contributed by atoms with E-state index in [1.54, 1.807) is 30.3 Å². The maximum absolute atomic E-state index is 12.8. The molecule has 6 nitrogen and oxygen atoms in total. The number of nitrogens with one attached hydrogen (secondary N) is 2. The van der Waals surface area contributed by atoms with Crippen LogP contribution in [-0.2, 0) is 10.0 Å². The van der Waals surface area contributed by atoms with Gasteiger partial charge in [0.2, 0.25) is 0 Å². The van der Waals surface area contributed by atoms with Crippen molar-refractivity contribution in [2.24, 2.45) is 0 Å². The predicted octanol–water partition coefficient (Wildman–Crippen LogP) is 4.51. The lowest BCUT2D eigenvalue weighted by Crippen LogP contribution is -2.16. The summed E-state index contributed by atoms with van der Waals surface area (Å²) in [5.41, 5.74) is 2.33. The minimum atomic E-state index is -3.86. The third kappa shape index (κ3) is 4.76. The lowest BCUT2D eigenvalue weighted by atomic mass is 10.2. The number of aromatic nitrogens is 1. The summed E-state index contributed by atoms with van der Waals surface area (Å²) in [6, 6.07) is 16.5. The Morgan fingerprint density at radius 3 is 2.50 bits per heavy atom. The molecule has 0 bridgehead atoms. The van der Waals surface area contributed by atoms with E-state index in [1.807, 2.05) is 26.0 Å². The van der Waals surface area contributed by atoms with Gasteiger partial charge in [0.25, 0.3) is 15.9 Å². The Kier molecular flexibility index (Phi) is 5.81. The molecule has 8 heteroatoms. The van der Waals surface area contributed by atoms with Crippen LogP contribution >= 0.6 is 15.9 Å². The zero-order chi connectivity index (χ0) is 20.3. The van der Waals surface area contributed by atoms with Gasteiger partial charge in [0.15, 0.2) is 0 Å². The topological polar surface area (TPSA) is 88.2 Å². The number of hydrogen-bond acceptors (Lipinski definition) is 4. The molecule has 3 aromatic rings. The minimum Gasteiger partial charge on any atom is -0.307 e. The largest absolute Gasteiger partial charge is 0.307 e. The second-order valence-corrected chi connectivity index (χ2v) is 8.77. The van der Waals surface area contributed by atoms with Crippen molar-refractivity contribution in [3.63, 3.8) is 0 Å². The lowest BCUT2D eigenvalue weighted by molar-refractivity contribution is 0.102. The Bertz CT molecular complexity index is 1150. The molecule has 1 aromatic heterocycles. The van der Waals surface area contributed by atoms with Crippen LogP contribution in [0.2, 0.25) is 0 Å². The van der Waals surface area contributed by atoms with Gasteiger partial charge in [0.1, 0.15) is 5.82 Å². The van der Waals surface area contributed by atoms with E-state index in [-0.39, 0.29) is 10.5 Å². The maximum Gasteiger partial charge on any atom is 0.261 e. The molecule has 144 valence electrons. The molecule has 1 amide bonds. The molecule has 28 heavy (non-hydrogen) atoms. The molecule has 0 radical (unpaired) electrons. The lowest BCUT2D eigenvalue weighted by Gasteiger charge is -2.12. The van der Waals surface area contributed by atoms with E-state index in [0.717, 1.165) is 11.3 Å². The van der Waals surface area contributed by atoms with E-state index in [1.165, 1.54) is 18.2 Å². The number of aryl methyl sites for hydroxylation is 2. The van der Waals surface area contributed by atoms with Crippen LogP contribution in [0.3, 0.4) is 0 Å². The monoisotopic (exact) mass is 459 g/mol. The average molecular weight is 460 g/mol. The van der Waals surface area contributed by atoms with Crippen LogP contribution in [0.1, 0.15) is 21.6 Å².